The van der Waals surface area contributed by atoms with Gasteiger partial charge in [0.1, 0.15) is 6.54 Å². The van der Waals surface area contributed by atoms with E-state index in [4.69, 9.17) is 0 Å². The maximum atomic E-state index is 13.0. The molecule has 0 spiro atoms. The summed E-state index contributed by atoms with van der Waals surface area (Å²) in [5, 5.41) is 6.89. The van der Waals surface area contributed by atoms with Gasteiger partial charge in [0.2, 0.25) is 17.7 Å². The minimum absolute atomic E-state index is 0.00250. The van der Waals surface area contributed by atoms with Gasteiger partial charge < -0.3 is 15.1 Å². The van der Waals surface area contributed by atoms with Crippen LogP contribution in [0.3, 0.4) is 0 Å². The molecule has 0 aromatic carbocycles. The Labute approximate surface area is 140 Å². The molecule has 1 atom stereocenters. The van der Waals surface area contributed by atoms with E-state index in [-0.39, 0.29) is 30.2 Å². The quantitative estimate of drug-likeness (QED) is 0.819. The molecular formula is C16H23N5O3. The number of piperidine rings is 1. The molecule has 130 valence electrons. The average molecular weight is 333 g/mol. The smallest absolute Gasteiger partial charge is 0.239 e. The molecule has 2 aliphatic heterocycles. The Morgan fingerprint density at radius 3 is 2.79 bits per heavy atom. The molecule has 8 nitrogen and oxygen atoms in total. The summed E-state index contributed by atoms with van der Waals surface area (Å²) in [5.41, 5.74) is 0.279. The third kappa shape index (κ3) is 3.00. The number of rotatable bonds is 2. The van der Waals surface area contributed by atoms with E-state index in [2.05, 4.69) is 10.4 Å². The number of anilines is 1. The Kier molecular flexibility index (Phi) is 4.06. The lowest BCUT2D eigenvalue weighted by Gasteiger charge is -2.44. The van der Waals surface area contributed by atoms with Crippen LogP contribution in [0.2, 0.25) is 0 Å². The van der Waals surface area contributed by atoms with Crippen LogP contribution in [-0.2, 0) is 21.4 Å². The molecule has 2 aliphatic rings. The number of carbonyl (C=O) groups is 3. The molecule has 2 fully saturated rings. The second-order valence-electron chi connectivity index (χ2n) is 7.13. The molecule has 1 N–H and O–H groups in total. The maximum Gasteiger partial charge on any atom is 0.239 e. The lowest BCUT2D eigenvalue weighted by molar-refractivity contribution is -0.149. The summed E-state index contributed by atoms with van der Waals surface area (Å²) in [4.78, 5) is 40.2. The first kappa shape index (κ1) is 16.5. The molecule has 0 bridgehead atoms. The second-order valence-corrected chi connectivity index (χ2v) is 7.13. The van der Waals surface area contributed by atoms with E-state index in [1.165, 1.54) is 0 Å². The van der Waals surface area contributed by atoms with E-state index in [0.717, 1.165) is 0 Å². The van der Waals surface area contributed by atoms with Crippen LogP contribution in [-0.4, -0.2) is 57.6 Å². The molecule has 0 saturated carbocycles. The molecule has 3 rings (SSSR count). The van der Waals surface area contributed by atoms with Crippen LogP contribution in [0.15, 0.2) is 12.4 Å². The van der Waals surface area contributed by atoms with Gasteiger partial charge >= 0.3 is 0 Å². The van der Waals surface area contributed by atoms with Crippen molar-refractivity contribution in [3.63, 3.8) is 0 Å². The fourth-order valence-corrected chi connectivity index (χ4v) is 3.27. The first-order valence-electron chi connectivity index (χ1n) is 8.15. The van der Waals surface area contributed by atoms with Gasteiger partial charge in [-0.3, -0.25) is 19.1 Å². The number of amides is 3. The topological polar surface area (TPSA) is 87.5 Å². The number of hydrogen-bond donors (Lipinski definition) is 1. The predicted octanol–water partition coefficient (Wildman–Crippen LogP) is -0.0999. The predicted molar refractivity (Wildman–Crippen MR) is 87.1 cm³/mol. The summed E-state index contributed by atoms with van der Waals surface area (Å²) >= 11 is 0. The molecule has 8 heteroatoms. The third-order valence-corrected chi connectivity index (χ3v) is 4.78. The number of nitrogens with one attached hydrogen (secondary N) is 1. The molecular weight excluding hydrogens is 310 g/mol. The number of hydrogen-bond acceptors (Lipinski definition) is 4. The van der Waals surface area contributed by atoms with Crippen LogP contribution in [0, 0.1) is 5.92 Å². The fourth-order valence-electron chi connectivity index (χ4n) is 3.27. The summed E-state index contributed by atoms with van der Waals surface area (Å²) < 4.78 is 1.63. The fraction of sp³-hybridized carbons (Fsp3) is 0.625. The first-order valence-corrected chi connectivity index (χ1v) is 8.15. The summed E-state index contributed by atoms with van der Waals surface area (Å²) in [7, 11) is 1.79. The molecule has 1 aromatic rings. The van der Waals surface area contributed by atoms with Crippen molar-refractivity contribution in [1.82, 2.24) is 20.0 Å². The zero-order chi connectivity index (χ0) is 17.5. The van der Waals surface area contributed by atoms with Crippen molar-refractivity contribution in [2.24, 2.45) is 13.0 Å². The number of carbonyl (C=O) groups excluding carboxylic acids is 3. The van der Waals surface area contributed by atoms with Gasteiger partial charge in [-0.05, 0) is 20.3 Å². The Balaban J connectivity index is 1.77. The highest BCUT2D eigenvalue weighted by molar-refractivity contribution is 5.96. The summed E-state index contributed by atoms with van der Waals surface area (Å²) in [6.07, 6.45) is 4.24. The molecule has 0 aliphatic carbocycles. The Hall–Kier alpha value is -2.38. The van der Waals surface area contributed by atoms with Crippen LogP contribution < -0.4 is 10.2 Å². The minimum atomic E-state index is -0.425. The molecule has 1 aromatic heterocycles. The van der Waals surface area contributed by atoms with Gasteiger partial charge in [0.15, 0.2) is 0 Å². The lowest BCUT2D eigenvalue weighted by Crippen LogP contribution is -2.64. The third-order valence-electron chi connectivity index (χ3n) is 4.78. The second kappa shape index (κ2) is 5.92. The van der Waals surface area contributed by atoms with Gasteiger partial charge in [-0.1, -0.05) is 0 Å². The van der Waals surface area contributed by atoms with Gasteiger partial charge in [-0.15, -0.1) is 0 Å². The zero-order valence-electron chi connectivity index (χ0n) is 14.3. The van der Waals surface area contributed by atoms with E-state index < -0.39 is 5.54 Å². The van der Waals surface area contributed by atoms with E-state index in [1.807, 2.05) is 13.8 Å². The normalized spacial score (nSPS) is 24.0. The van der Waals surface area contributed by atoms with Crippen molar-refractivity contribution in [3.05, 3.63) is 12.4 Å². The zero-order valence-corrected chi connectivity index (χ0v) is 14.3. The van der Waals surface area contributed by atoms with Gasteiger partial charge in [-0.2, -0.15) is 5.10 Å². The van der Waals surface area contributed by atoms with Crippen LogP contribution in [0.1, 0.15) is 26.7 Å². The highest BCUT2D eigenvalue weighted by Gasteiger charge is 2.41. The molecule has 24 heavy (non-hydrogen) atoms. The Morgan fingerprint density at radius 1 is 1.38 bits per heavy atom. The van der Waals surface area contributed by atoms with Crippen molar-refractivity contribution in [2.45, 2.75) is 32.2 Å². The molecule has 0 radical (unpaired) electrons. The monoisotopic (exact) mass is 333 g/mol. The van der Waals surface area contributed by atoms with E-state index in [0.29, 0.717) is 31.6 Å². The SMILES string of the molecule is Cn1cc(N2CC(C(=O)N3CC(=O)NCC3(C)C)CCC2=O)cn1. The highest BCUT2D eigenvalue weighted by Crippen LogP contribution is 2.28. The van der Waals surface area contributed by atoms with E-state index in [1.54, 1.807) is 33.9 Å². The molecule has 3 heterocycles. The molecule has 1 unspecified atom stereocenters. The van der Waals surface area contributed by atoms with Crippen molar-refractivity contribution in [1.29, 1.82) is 0 Å². The molecule has 3 amide bonds. The standard InChI is InChI=1S/C16H23N5O3/c1-16(2)10-17-13(22)9-21(16)15(24)11-4-5-14(23)20(7-11)12-6-18-19(3)8-12/h6,8,11H,4-5,7,9-10H2,1-3H3,(H,17,22). The van der Waals surface area contributed by atoms with Crippen LogP contribution in [0.25, 0.3) is 0 Å². The van der Waals surface area contributed by atoms with Crippen molar-refractivity contribution in [2.75, 3.05) is 24.5 Å². The van der Waals surface area contributed by atoms with Crippen LogP contribution in [0.5, 0.6) is 0 Å². The van der Waals surface area contributed by atoms with Crippen LogP contribution >= 0.6 is 0 Å². The summed E-state index contributed by atoms with van der Waals surface area (Å²) in [6, 6.07) is 0. The van der Waals surface area contributed by atoms with E-state index in [9.17, 15) is 14.4 Å². The molecule has 2 saturated heterocycles. The summed E-state index contributed by atoms with van der Waals surface area (Å²) in [5.74, 6) is -0.495. The summed E-state index contributed by atoms with van der Waals surface area (Å²) in [6.45, 7) is 4.73. The van der Waals surface area contributed by atoms with Crippen molar-refractivity contribution < 1.29 is 14.4 Å². The van der Waals surface area contributed by atoms with Crippen molar-refractivity contribution in [3.8, 4) is 0 Å². The highest BCUT2D eigenvalue weighted by atomic mass is 16.2. The van der Waals surface area contributed by atoms with Gasteiger partial charge in [-0.25, -0.2) is 0 Å². The number of aryl methyl sites for hydroxylation is 1. The minimum Gasteiger partial charge on any atom is -0.352 e. The van der Waals surface area contributed by atoms with Crippen molar-refractivity contribution >= 4 is 23.4 Å². The Bertz CT molecular complexity index is 681. The number of piperazine rings is 1. The van der Waals surface area contributed by atoms with E-state index >= 15 is 0 Å². The average Bonchev–Trinajstić information content (AvgIpc) is 2.96. The first-order chi connectivity index (χ1) is 11.3. The maximum absolute atomic E-state index is 13.0. The number of nitrogens with zero attached hydrogens (tertiary/aromatic N) is 4. The van der Waals surface area contributed by atoms with Crippen LogP contribution in [0.4, 0.5) is 5.69 Å². The largest absolute Gasteiger partial charge is 0.352 e. The lowest BCUT2D eigenvalue weighted by atomic mass is 9.92. The Morgan fingerprint density at radius 2 is 2.12 bits per heavy atom. The van der Waals surface area contributed by atoms with Gasteiger partial charge in [0, 0.05) is 32.8 Å². The van der Waals surface area contributed by atoms with Gasteiger partial charge in [0.05, 0.1) is 23.3 Å². The number of aromatic nitrogens is 2. The van der Waals surface area contributed by atoms with Gasteiger partial charge in [0.25, 0.3) is 0 Å².